The number of halogens is 1. The maximum absolute atomic E-state index is 12.4. The Morgan fingerprint density at radius 1 is 1.38 bits per heavy atom. The summed E-state index contributed by atoms with van der Waals surface area (Å²) in [4.78, 5) is 12.4. The van der Waals surface area contributed by atoms with Crippen molar-refractivity contribution in [2.24, 2.45) is 30.5 Å². The first-order chi connectivity index (χ1) is 9.49. The summed E-state index contributed by atoms with van der Waals surface area (Å²) < 4.78 is 1.86. The highest BCUT2D eigenvalue weighted by atomic mass is 35.5. The Balaban J connectivity index is 0.00000161. The minimum Gasteiger partial charge on any atom is -0.352 e. The Morgan fingerprint density at radius 2 is 2.05 bits per heavy atom. The van der Waals surface area contributed by atoms with E-state index in [-0.39, 0.29) is 30.3 Å². The fourth-order valence-corrected chi connectivity index (χ4v) is 4.09. The van der Waals surface area contributed by atoms with Crippen LogP contribution < -0.4 is 11.1 Å². The van der Waals surface area contributed by atoms with E-state index in [4.69, 9.17) is 5.73 Å². The van der Waals surface area contributed by atoms with Crippen LogP contribution in [0.4, 0.5) is 0 Å². The van der Waals surface area contributed by atoms with E-state index in [1.165, 1.54) is 12.8 Å². The lowest BCUT2D eigenvalue weighted by atomic mass is 9.84. The molecule has 0 aliphatic heterocycles. The first-order valence-electron chi connectivity index (χ1n) is 7.51. The fourth-order valence-electron chi connectivity index (χ4n) is 4.09. The van der Waals surface area contributed by atoms with Gasteiger partial charge in [-0.15, -0.1) is 12.4 Å². The summed E-state index contributed by atoms with van der Waals surface area (Å²) in [5.41, 5.74) is 9.44. The molecular formula is C15H25ClN4O. The van der Waals surface area contributed by atoms with Gasteiger partial charge in [0.2, 0.25) is 5.91 Å². The number of nitrogens with two attached hydrogens (primary N) is 1. The molecule has 2 aliphatic rings. The van der Waals surface area contributed by atoms with Gasteiger partial charge < -0.3 is 11.1 Å². The van der Waals surface area contributed by atoms with E-state index in [9.17, 15) is 4.79 Å². The Hall–Kier alpha value is -1.07. The van der Waals surface area contributed by atoms with Crippen LogP contribution in [0.3, 0.4) is 0 Å². The molecule has 2 aliphatic carbocycles. The highest BCUT2D eigenvalue weighted by Gasteiger charge is 2.48. The lowest BCUT2D eigenvalue weighted by Gasteiger charge is -2.27. The van der Waals surface area contributed by atoms with Crippen molar-refractivity contribution >= 4 is 18.3 Å². The molecule has 5 nitrogen and oxygen atoms in total. The van der Waals surface area contributed by atoms with E-state index < -0.39 is 0 Å². The van der Waals surface area contributed by atoms with Crippen LogP contribution in [0.5, 0.6) is 0 Å². The molecule has 2 fully saturated rings. The van der Waals surface area contributed by atoms with Gasteiger partial charge in [0.25, 0.3) is 0 Å². The second kappa shape index (κ2) is 5.97. The number of rotatable bonds is 3. The monoisotopic (exact) mass is 312 g/mol. The maximum atomic E-state index is 12.4. The predicted octanol–water partition coefficient (Wildman–Crippen LogP) is 1.45. The molecule has 0 aromatic carbocycles. The van der Waals surface area contributed by atoms with E-state index in [1.807, 2.05) is 25.6 Å². The van der Waals surface area contributed by atoms with Crippen molar-refractivity contribution in [3.63, 3.8) is 0 Å². The summed E-state index contributed by atoms with van der Waals surface area (Å²) in [6.07, 6.45) is 3.52. The molecule has 1 heterocycles. The third-order valence-electron chi connectivity index (χ3n) is 5.38. The molecular weight excluding hydrogens is 288 g/mol. The summed E-state index contributed by atoms with van der Waals surface area (Å²) in [6.45, 7) is 4.58. The molecule has 0 spiro atoms. The zero-order valence-corrected chi connectivity index (χ0v) is 13.7. The van der Waals surface area contributed by atoms with Crippen molar-refractivity contribution in [3.8, 4) is 0 Å². The molecule has 1 amide bonds. The van der Waals surface area contributed by atoms with Crippen LogP contribution in [-0.4, -0.2) is 21.7 Å². The topological polar surface area (TPSA) is 72.9 Å². The van der Waals surface area contributed by atoms with Gasteiger partial charge in [-0.05, 0) is 44.9 Å². The number of hydrogen-bond acceptors (Lipinski definition) is 3. The molecule has 4 atom stereocenters. The Kier molecular flexibility index (Phi) is 4.63. The molecule has 0 radical (unpaired) electrons. The van der Waals surface area contributed by atoms with Crippen LogP contribution in [0.15, 0.2) is 0 Å². The third-order valence-corrected chi connectivity index (χ3v) is 5.38. The predicted molar refractivity (Wildman–Crippen MR) is 84.1 cm³/mol. The van der Waals surface area contributed by atoms with Crippen LogP contribution in [-0.2, 0) is 18.4 Å². The Morgan fingerprint density at radius 3 is 2.57 bits per heavy atom. The van der Waals surface area contributed by atoms with E-state index in [0.717, 1.165) is 23.4 Å². The maximum Gasteiger partial charge on any atom is 0.225 e. The zero-order chi connectivity index (χ0) is 14.4. The van der Waals surface area contributed by atoms with E-state index in [2.05, 4.69) is 10.4 Å². The lowest BCUT2D eigenvalue weighted by Crippen LogP contribution is -2.45. The normalized spacial score (nSPS) is 30.3. The highest BCUT2D eigenvalue weighted by Crippen LogP contribution is 2.47. The first kappa shape index (κ1) is 16.3. The summed E-state index contributed by atoms with van der Waals surface area (Å²) in [5.74, 6) is 1.22. The first-order valence-corrected chi connectivity index (χ1v) is 7.51. The van der Waals surface area contributed by atoms with Crippen LogP contribution in [0.2, 0.25) is 0 Å². The number of carbonyl (C=O) groups excluding carboxylic acids is 1. The van der Waals surface area contributed by atoms with Gasteiger partial charge in [-0.2, -0.15) is 5.10 Å². The second-order valence-corrected chi connectivity index (χ2v) is 6.43. The number of nitrogens with zero attached hydrogens (tertiary/aromatic N) is 2. The van der Waals surface area contributed by atoms with Gasteiger partial charge in [0.05, 0.1) is 11.6 Å². The van der Waals surface area contributed by atoms with Crippen molar-refractivity contribution in [1.29, 1.82) is 0 Å². The zero-order valence-electron chi connectivity index (χ0n) is 12.9. The average molecular weight is 313 g/mol. The molecule has 1 aromatic heterocycles. The highest BCUT2D eigenvalue weighted by molar-refractivity contribution is 5.85. The van der Waals surface area contributed by atoms with Gasteiger partial charge in [0.15, 0.2) is 0 Å². The van der Waals surface area contributed by atoms with E-state index in [1.54, 1.807) is 0 Å². The summed E-state index contributed by atoms with van der Waals surface area (Å²) in [5, 5.41) is 7.46. The van der Waals surface area contributed by atoms with Gasteiger partial charge >= 0.3 is 0 Å². The molecule has 3 rings (SSSR count). The van der Waals surface area contributed by atoms with Gasteiger partial charge in [-0.1, -0.05) is 0 Å². The van der Waals surface area contributed by atoms with Crippen LogP contribution in [0.25, 0.3) is 0 Å². The molecule has 2 bridgehead atoms. The molecule has 3 N–H and O–H groups in total. The largest absolute Gasteiger partial charge is 0.352 e. The molecule has 21 heavy (non-hydrogen) atoms. The van der Waals surface area contributed by atoms with Gasteiger partial charge in [0, 0.05) is 30.9 Å². The molecule has 1 aromatic rings. The van der Waals surface area contributed by atoms with Crippen LogP contribution in [0.1, 0.15) is 36.2 Å². The van der Waals surface area contributed by atoms with Crippen LogP contribution in [0, 0.1) is 31.6 Å². The van der Waals surface area contributed by atoms with Crippen molar-refractivity contribution in [2.75, 3.05) is 0 Å². The van der Waals surface area contributed by atoms with E-state index in [0.29, 0.717) is 18.4 Å². The fraction of sp³-hybridized carbons (Fsp3) is 0.733. The number of fused-ring (bicyclic) bond motifs is 2. The smallest absolute Gasteiger partial charge is 0.225 e. The Bertz CT molecular complexity index is 540. The molecule has 118 valence electrons. The van der Waals surface area contributed by atoms with E-state index >= 15 is 0 Å². The quantitative estimate of drug-likeness (QED) is 0.887. The Labute approximate surface area is 132 Å². The minimum atomic E-state index is 0. The lowest BCUT2D eigenvalue weighted by molar-refractivity contribution is -0.127. The average Bonchev–Trinajstić information content (AvgIpc) is 3.04. The van der Waals surface area contributed by atoms with Gasteiger partial charge in [-0.3, -0.25) is 9.48 Å². The van der Waals surface area contributed by atoms with Crippen molar-refractivity contribution in [1.82, 2.24) is 15.1 Å². The molecule has 4 unspecified atom stereocenters. The second-order valence-electron chi connectivity index (χ2n) is 6.43. The number of nitrogens with one attached hydrogen (secondary N) is 1. The number of aryl methyl sites for hydroxylation is 2. The summed E-state index contributed by atoms with van der Waals surface area (Å²) in [7, 11) is 1.93. The number of hydrogen-bond donors (Lipinski definition) is 2. The molecule has 0 saturated heterocycles. The van der Waals surface area contributed by atoms with Crippen molar-refractivity contribution in [3.05, 3.63) is 17.0 Å². The molecule has 6 heteroatoms. The number of carbonyl (C=O) groups is 1. The summed E-state index contributed by atoms with van der Waals surface area (Å²) >= 11 is 0. The van der Waals surface area contributed by atoms with Gasteiger partial charge in [-0.25, -0.2) is 0 Å². The van der Waals surface area contributed by atoms with Crippen LogP contribution >= 0.6 is 12.4 Å². The third kappa shape index (κ3) is 2.69. The number of aromatic nitrogens is 2. The number of amides is 1. The molecule has 2 saturated carbocycles. The van der Waals surface area contributed by atoms with Crippen molar-refractivity contribution < 1.29 is 4.79 Å². The van der Waals surface area contributed by atoms with Crippen molar-refractivity contribution in [2.45, 2.75) is 45.7 Å². The van der Waals surface area contributed by atoms with Gasteiger partial charge in [0.1, 0.15) is 0 Å². The summed E-state index contributed by atoms with van der Waals surface area (Å²) in [6, 6.07) is 0.0600. The minimum absolute atomic E-state index is 0. The SMILES string of the molecule is Cc1nn(C)c(C)c1CNC(=O)C1C2CCC(C2)C1N.Cl. The standard InChI is InChI=1S/C15H24N4O.ClH/c1-8-12(9(2)19(3)18-8)7-17-15(20)13-10-4-5-11(6-10)14(13)16;/h10-11,13-14H,4-7,16H2,1-3H3,(H,17,20);1H.